The highest BCUT2D eigenvalue weighted by Crippen LogP contribution is 2.24. The zero-order valence-electron chi connectivity index (χ0n) is 13.5. The second kappa shape index (κ2) is 6.97. The minimum Gasteiger partial charge on any atom is -0.490 e. The van der Waals surface area contributed by atoms with E-state index in [-0.39, 0.29) is 0 Å². The number of nitrogens with zero attached hydrogens (tertiary/aromatic N) is 3. The maximum atomic E-state index is 6.09. The fourth-order valence-electron chi connectivity index (χ4n) is 3.15. The van der Waals surface area contributed by atoms with E-state index in [0.29, 0.717) is 6.10 Å². The molecule has 22 heavy (non-hydrogen) atoms. The number of hydrogen-bond donors (Lipinski definition) is 0. The molecule has 4 heteroatoms. The second-order valence-corrected chi connectivity index (χ2v) is 6.37. The second-order valence-electron chi connectivity index (χ2n) is 6.37. The third-order valence-electron chi connectivity index (χ3n) is 4.17. The average Bonchev–Trinajstić information content (AvgIpc) is 3.11. The number of aromatic nitrogens is 2. The minimum atomic E-state index is 0.420. The molecule has 1 aromatic carbocycles. The Morgan fingerprint density at radius 1 is 1.23 bits per heavy atom. The molecule has 0 spiro atoms. The van der Waals surface area contributed by atoms with Gasteiger partial charge in [0.05, 0.1) is 12.3 Å². The van der Waals surface area contributed by atoms with Crippen LogP contribution in [0.4, 0.5) is 0 Å². The van der Waals surface area contributed by atoms with Crippen molar-refractivity contribution < 1.29 is 4.74 Å². The normalized spacial score (nSPS) is 15.6. The van der Waals surface area contributed by atoms with Crippen molar-refractivity contribution in [2.45, 2.75) is 44.9 Å². The quantitative estimate of drug-likeness (QED) is 0.819. The zero-order chi connectivity index (χ0) is 15.4. The summed E-state index contributed by atoms with van der Waals surface area (Å²) in [6.45, 7) is 1.82. The number of rotatable bonds is 6. The van der Waals surface area contributed by atoms with Crippen LogP contribution in [0, 0.1) is 0 Å². The van der Waals surface area contributed by atoms with E-state index >= 15 is 0 Å². The van der Waals surface area contributed by atoms with Gasteiger partial charge in [-0.3, -0.25) is 9.58 Å². The summed E-state index contributed by atoms with van der Waals surface area (Å²) in [6, 6.07) is 8.51. The summed E-state index contributed by atoms with van der Waals surface area (Å²) in [5, 5.41) is 4.22. The van der Waals surface area contributed by atoms with Crippen LogP contribution in [0.3, 0.4) is 0 Å². The summed E-state index contributed by atoms with van der Waals surface area (Å²) in [7, 11) is 4.09. The average molecular weight is 299 g/mol. The van der Waals surface area contributed by atoms with E-state index in [1.807, 2.05) is 17.9 Å². The molecule has 1 aliphatic carbocycles. The first kappa shape index (κ1) is 15.1. The molecule has 0 N–H and O–H groups in total. The molecule has 0 atom stereocenters. The van der Waals surface area contributed by atoms with Crippen LogP contribution in [0.2, 0.25) is 0 Å². The van der Waals surface area contributed by atoms with Crippen LogP contribution in [0.15, 0.2) is 36.7 Å². The maximum Gasteiger partial charge on any atom is 0.120 e. The summed E-state index contributed by atoms with van der Waals surface area (Å²) < 4.78 is 7.93. The molecule has 1 fully saturated rings. The van der Waals surface area contributed by atoms with E-state index in [1.165, 1.54) is 36.8 Å². The summed E-state index contributed by atoms with van der Waals surface area (Å²) in [4.78, 5) is 2.30. The highest BCUT2D eigenvalue weighted by molar-refractivity contribution is 5.28. The molecule has 0 aliphatic heterocycles. The Labute approximate surface area is 132 Å². The van der Waals surface area contributed by atoms with Crippen molar-refractivity contribution in [3.63, 3.8) is 0 Å². The van der Waals surface area contributed by atoms with E-state index in [9.17, 15) is 0 Å². The van der Waals surface area contributed by atoms with Gasteiger partial charge in [0, 0.05) is 31.9 Å². The molecule has 1 heterocycles. The Bertz CT molecular complexity index is 602. The van der Waals surface area contributed by atoms with Gasteiger partial charge in [0.2, 0.25) is 0 Å². The van der Waals surface area contributed by atoms with Crippen LogP contribution in [-0.4, -0.2) is 27.8 Å². The topological polar surface area (TPSA) is 30.3 Å². The fraction of sp³-hybridized carbons (Fsp3) is 0.500. The van der Waals surface area contributed by atoms with Gasteiger partial charge < -0.3 is 4.74 Å². The first-order valence-electron chi connectivity index (χ1n) is 8.11. The molecule has 4 nitrogen and oxygen atoms in total. The lowest BCUT2D eigenvalue weighted by molar-refractivity contribution is 0.209. The molecule has 2 aromatic rings. The van der Waals surface area contributed by atoms with Crippen LogP contribution < -0.4 is 4.74 Å². The van der Waals surface area contributed by atoms with Gasteiger partial charge in [-0.05, 0) is 50.4 Å². The van der Waals surface area contributed by atoms with Gasteiger partial charge in [0.25, 0.3) is 0 Å². The molecular formula is C18H25N3O. The predicted molar refractivity (Wildman–Crippen MR) is 87.7 cm³/mol. The lowest BCUT2D eigenvalue weighted by atomic mass is 10.2. The smallest absolute Gasteiger partial charge is 0.120 e. The molecule has 0 unspecified atom stereocenters. The van der Waals surface area contributed by atoms with Crippen LogP contribution >= 0.6 is 0 Å². The van der Waals surface area contributed by atoms with Gasteiger partial charge in [-0.15, -0.1) is 0 Å². The third kappa shape index (κ3) is 4.10. The van der Waals surface area contributed by atoms with Crippen molar-refractivity contribution in [2.24, 2.45) is 7.05 Å². The molecule has 0 bridgehead atoms. The van der Waals surface area contributed by atoms with Gasteiger partial charge in [-0.25, -0.2) is 0 Å². The van der Waals surface area contributed by atoms with Crippen LogP contribution in [0.5, 0.6) is 5.75 Å². The molecule has 1 aliphatic rings. The van der Waals surface area contributed by atoms with E-state index in [1.54, 1.807) is 0 Å². The summed E-state index contributed by atoms with van der Waals surface area (Å²) in [5.41, 5.74) is 2.53. The predicted octanol–water partition coefficient (Wildman–Crippen LogP) is 3.37. The molecule has 118 valence electrons. The highest BCUT2D eigenvalue weighted by atomic mass is 16.5. The number of aryl methyl sites for hydroxylation is 1. The Hall–Kier alpha value is -1.81. The summed E-state index contributed by atoms with van der Waals surface area (Å²) >= 11 is 0. The molecule has 3 rings (SSSR count). The van der Waals surface area contributed by atoms with E-state index in [2.05, 4.69) is 47.5 Å². The van der Waals surface area contributed by atoms with Crippen molar-refractivity contribution >= 4 is 0 Å². The van der Waals surface area contributed by atoms with Crippen molar-refractivity contribution in [3.05, 3.63) is 47.8 Å². The van der Waals surface area contributed by atoms with E-state index in [4.69, 9.17) is 4.74 Å². The van der Waals surface area contributed by atoms with E-state index in [0.717, 1.165) is 18.8 Å². The first-order chi connectivity index (χ1) is 10.7. The van der Waals surface area contributed by atoms with Gasteiger partial charge in [0.1, 0.15) is 5.75 Å². The van der Waals surface area contributed by atoms with Gasteiger partial charge >= 0.3 is 0 Å². The number of benzene rings is 1. The number of ether oxygens (including phenoxy) is 1. The lowest BCUT2D eigenvalue weighted by Crippen LogP contribution is -2.17. The van der Waals surface area contributed by atoms with E-state index < -0.39 is 0 Å². The highest BCUT2D eigenvalue weighted by Gasteiger charge is 2.16. The fourth-order valence-corrected chi connectivity index (χ4v) is 3.15. The first-order valence-corrected chi connectivity index (χ1v) is 8.11. The molecular weight excluding hydrogens is 274 g/mol. The largest absolute Gasteiger partial charge is 0.490 e. The summed E-state index contributed by atoms with van der Waals surface area (Å²) in [6.07, 6.45) is 9.42. The zero-order valence-corrected chi connectivity index (χ0v) is 13.5. The minimum absolute atomic E-state index is 0.420. The third-order valence-corrected chi connectivity index (χ3v) is 4.17. The van der Waals surface area contributed by atoms with Crippen molar-refractivity contribution in [1.82, 2.24) is 14.7 Å². The molecule has 1 saturated carbocycles. The molecule has 0 amide bonds. The Morgan fingerprint density at radius 2 is 2.00 bits per heavy atom. The standard InChI is InChI=1S/C18H25N3O/c1-20(13-16-11-19-21(2)14-16)12-15-6-5-9-18(10-15)22-17-7-3-4-8-17/h5-6,9-11,14,17H,3-4,7-8,12-13H2,1-2H3. The monoisotopic (exact) mass is 299 g/mol. The van der Waals surface area contributed by atoms with Crippen LogP contribution in [0.1, 0.15) is 36.8 Å². The maximum absolute atomic E-state index is 6.09. The van der Waals surface area contributed by atoms with Crippen LogP contribution in [0.25, 0.3) is 0 Å². The molecule has 1 aromatic heterocycles. The molecule has 0 saturated heterocycles. The van der Waals surface area contributed by atoms with Gasteiger partial charge in [-0.1, -0.05) is 12.1 Å². The van der Waals surface area contributed by atoms with Gasteiger partial charge in [0.15, 0.2) is 0 Å². The van der Waals surface area contributed by atoms with Crippen LogP contribution in [-0.2, 0) is 20.1 Å². The Morgan fingerprint density at radius 3 is 2.73 bits per heavy atom. The Balaban J connectivity index is 1.57. The van der Waals surface area contributed by atoms with Gasteiger partial charge in [-0.2, -0.15) is 5.10 Å². The van der Waals surface area contributed by atoms with Crippen molar-refractivity contribution in [3.8, 4) is 5.75 Å². The lowest BCUT2D eigenvalue weighted by Gasteiger charge is -2.17. The Kier molecular flexibility index (Phi) is 4.78. The molecule has 0 radical (unpaired) electrons. The SMILES string of the molecule is CN(Cc1cccc(OC2CCCC2)c1)Cc1cnn(C)c1. The summed E-state index contributed by atoms with van der Waals surface area (Å²) in [5.74, 6) is 1.01. The van der Waals surface area contributed by atoms with Crippen molar-refractivity contribution in [2.75, 3.05) is 7.05 Å². The number of hydrogen-bond acceptors (Lipinski definition) is 3. The van der Waals surface area contributed by atoms with Crippen molar-refractivity contribution in [1.29, 1.82) is 0 Å².